The van der Waals surface area contributed by atoms with Crippen molar-refractivity contribution >= 4 is 5.95 Å². The molecule has 0 bridgehead atoms. The number of aromatic nitrogens is 2. The van der Waals surface area contributed by atoms with Gasteiger partial charge in [0.15, 0.2) is 0 Å². The standard InChI is InChI=1S/C14H23N5/c1-3-12-11-4-5-15-10-13(11)17-14(16-12)19-8-6-18(2)7-9-19/h15H,3-10H2,1-2H3. The number of hydrogen-bond acceptors (Lipinski definition) is 5. The van der Waals surface area contributed by atoms with Crippen molar-refractivity contribution in [1.29, 1.82) is 0 Å². The van der Waals surface area contributed by atoms with Crippen LogP contribution < -0.4 is 10.2 Å². The molecule has 5 nitrogen and oxygen atoms in total. The topological polar surface area (TPSA) is 44.3 Å². The van der Waals surface area contributed by atoms with Gasteiger partial charge < -0.3 is 15.1 Å². The van der Waals surface area contributed by atoms with Crippen molar-refractivity contribution in [3.05, 3.63) is 17.0 Å². The quantitative estimate of drug-likeness (QED) is 0.837. The van der Waals surface area contributed by atoms with E-state index < -0.39 is 0 Å². The summed E-state index contributed by atoms with van der Waals surface area (Å²) >= 11 is 0. The van der Waals surface area contributed by atoms with Crippen molar-refractivity contribution in [1.82, 2.24) is 20.2 Å². The molecule has 1 aromatic rings. The molecular formula is C14H23N5. The average Bonchev–Trinajstić information content (AvgIpc) is 2.47. The van der Waals surface area contributed by atoms with Gasteiger partial charge in [0, 0.05) is 38.4 Å². The summed E-state index contributed by atoms with van der Waals surface area (Å²) < 4.78 is 0. The number of fused-ring (bicyclic) bond motifs is 1. The molecule has 1 saturated heterocycles. The molecule has 0 amide bonds. The lowest BCUT2D eigenvalue weighted by Crippen LogP contribution is -2.45. The van der Waals surface area contributed by atoms with Crippen LogP contribution in [-0.2, 0) is 19.4 Å². The maximum absolute atomic E-state index is 4.82. The van der Waals surface area contributed by atoms with Gasteiger partial charge in [-0.15, -0.1) is 0 Å². The van der Waals surface area contributed by atoms with Crippen molar-refractivity contribution in [2.24, 2.45) is 0 Å². The summed E-state index contributed by atoms with van der Waals surface area (Å²) in [5, 5.41) is 3.41. The van der Waals surface area contributed by atoms with Gasteiger partial charge in [0.05, 0.1) is 5.69 Å². The zero-order chi connectivity index (χ0) is 13.2. The minimum Gasteiger partial charge on any atom is -0.338 e. The summed E-state index contributed by atoms with van der Waals surface area (Å²) in [4.78, 5) is 14.3. The summed E-state index contributed by atoms with van der Waals surface area (Å²) in [6, 6.07) is 0. The molecule has 2 aliphatic rings. The van der Waals surface area contributed by atoms with Gasteiger partial charge in [0.1, 0.15) is 0 Å². The van der Waals surface area contributed by atoms with Crippen molar-refractivity contribution in [3.63, 3.8) is 0 Å². The first-order valence-corrected chi connectivity index (χ1v) is 7.31. The van der Waals surface area contributed by atoms with E-state index in [1.165, 1.54) is 17.0 Å². The predicted molar refractivity (Wildman–Crippen MR) is 76.5 cm³/mol. The Morgan fingerprint density at radius 1 is 1.16 bits per heavy atom. The van der Waals surface area contributed by atoms with Crippen LogP contribution in [0.5, 0.6) is 0 Å². The minimum absolute atomic E-state index is 0.894. The highest BCUT2D eigenvalue weighted by Crippen LogP contribution is 2.20. The van der Waals surface area contributed by atoms with Crippen LogP contribution in [0.25, 0.3) is 0 Å². The van der Waals surface area contributed by atoms with E-state index in [2.05, 4.69) is 29.1 Å². The summed E-state index contributed by atoms with van der Waals surface area (Å²) in [5.74, 6) is 0.937. The maximum Gasteiger partial charge on any atom is 0.225 e. The Bertz CT molecular complexity index is 434. The third-order valence-corrected chi connectivity index (χ3v) is 4.13. The monoisotopic (exact) mass is 261 g/mol. The van der Waals surface area contributed by atoms with Crippen LogP contribution in [0.1, 0.15) is 23.9 Å². The summed E-state index contributed by atoms with van der Waals surface area (Å²) in [7, 11) is 2.17. The fourth-order valence-corrected chi connectivity index (χ4v) is 2.86. The molecule has 0 atom stereocenters. The minimum atomic E-state index is 0.894. The van der Waals surface area contributed by atoms with Gasteiger partial charge in [-0.2, -0.15) is 0 Å². The Morgan fingerprint density at radius 2 is 1.95 bits per heavy atom. The number of rotatable bonds is 2. The number of likely N-dealkylation sites (N-methyl/N-ethyl adjacent to an activating group) is 1. The number of aryl methyl sites for hydroxylation is 1. The van der Waals surface area contributed by atoms with E-state index >= 15 is 0 Å². The normalized spacial score (nSPS) is 20.4. The van der Waals surface area contributed by atoms with Gasteiger partial charge in [0.2, 0.25) is 5.95 Å². The summed E-state index contributed by atoms with van der Waals surface area (Å²) in [6.07, 6.45) is 2.08. The van der Waals surface area contributed by atoms with Gasteiger partial charge in [-0.3, -0.25) is 0 Å². The highest BCUT2D eigenvalue weighted by molar-refractivity contribution is 5.39. The second-order valence-corrected chi connectivity index (χ2v) is 5.47. The Morgan fingerprint density at radius 3 is 2.68 bits per heavy atom. The molecule has 0 saturated carbocycles. The molecule has 0 aromatic carbocycles. The molecule has 1 aromatic heterocycles. The van der Waals surface area contributed by atoms with Gasteiger partial charge >= 0.3 is 0 Å². The van der Waals surface area contributed by atoms with Crippen molar-refractivity contribution in [2.75, 3.05) is 44.7 Å². The van der Waals surface area contributed by atoms with E-state index in [9.17, 15) is 0 Å². The van der Waals surface area contributed by atoms with Crippen LogP contribution in [0.3, 0.4) is 0 Å². The molecule has 104 valence electrons. The molecule has 1 fully saturated rings. The van der Waals surface area contributed by atoms with Gasteiger partial charge in [-0.1, -0.05) is 6.92 Å². The van der Waals surface area contributed by atoms with Crippen LogP contribution in [0.2, 0.25) is 0 Å². The van der Waals surface area contributed by atoms with E-state index in [0.29, 0.717) is 0 Å². The molecule has 2 aliphatic heterocycles. The van der Waals surface area contributed by atoms with E-state index in [-0.39, 0.29) is 0 Å². The van der Waals surface area contributed by atoms with Crippen molar-refractivity contribution in [3.8, 4) is 0 Å². The van der Waals surface area contributed by atoms with Gasteiger partial charge in [-0.25, -0.2) is 9.97 Å². The zero-order valence-electron chi connectivity index (χ0n) is 11.9. The highest BCUT2D eigenvalue weighted by atomic mass is 15.3. The molecule has 0 spiro atoms. The molecule has 5 heteroatoms. The second-order valence-electron chi connectivity index (χ2n) is 5.47. The van der Waals surface area contributed by atoms with Crippen LogP contribution >= 0.6 is 0 Å². The smallest absolute Gasteiger partial charge is 0.225 e. The Hall–Kier alpha value is -1.20. The largest absolute Gasteiger partial charge is 0.338 e. The zero-order valence-corrected chi connectivity index (χ0v) is 11.9. The molecular weight excluding hydrogens is 238 g/mol. The van der Waals surface area contributed by atoms with E-state index in [4.69, 9.17) is 9.97 Å². The molecule has 3 rings (SSSR count). The van der Waals surface area contributed by atoms with Crippen LogP contribution in [0, 0.1) is 0 Å². The number of anilines is 1. The third kappa shape index (κ3) is 2.58. The number of nitrogens with one attached hydrogen (secondary N) is 1. The maximum atomic E-state index is 4.82. The third-order valence-electron chi connectivity index (χ3n) is 4.13. The average molecular weight is 261 g/mol. The number of piperazine rings is 1. The Labute approximate surface area is 115 Å². The second kappa shape index (κ2) is 5.43. The first-order chi connectivity index (χ1) is 9.28. The Balaban J connectivity index is 1.89. The van der Waals surface area contributed by atoms with Gasteiger partial charge in [-0.05, 0) is 32.0 Å². The number of nitrogens with zero attached hydrogens (tertiary/aromatic N) is 4. The summed E-state index contributed by atoms with van der Waals surface area (Å²) in [5.41, 5.74) is 3.85. The predicted octanol–water partition coefficient (Wildman–Crippen LogP) is 0.436. The molecule has 0 aliphatic carbocycles. The molecule has 19 heavy (non-hydrogen) atoms. The fraction of sp³-hybridized carbons (Fsp3) is 0.714. The van der Waals surface area contributed by atoms with E-state index in [0.717, 1.165) is 58.1 Å². The lowest BCUT2D eigenvalue weighted by Gasteiger charge is -2.33. The molecule has 0 radical (unpaired) electrons. The Kier molecular flexibility index (Phi) is 3.66. The van der Waals surface area contributed by atoms with Crippen molar-refractivity contribution in [2.45, 2.75) is 26.3 Å². The van der Waals surface area contributed by atoms with E-state index in [1.807, 2.05) is 0 Å². The van der Waals surface area contributed by atoms with Crippen LogP contribution in [-0.4, -0.2) is 54.6 Å². The van der Waals surface area contributed by atoms with Gasteiger partial charge in [0.25, 0.3) is 0 Å². The lowest BCUT2D eigenvalue weighted by atomic mass is 10.0. The lowest BCUT2D eigenvalue weighted by molar-refractivity contribution is 0.311. The summed E-state index contributed by atoms with van der Waals surface area (Å²) in [6.45, 7) is 8.40. The fourth-order valence-electron chi connectivity index (χ4n) is 2.86. The first-order valence-electron chi connectivity index (χ1n) is 7.31. The highest BCUT2D eigenvalue weighted by Gasteiger charge is 2.21. The van der Waals surface area contributed by atoms with Crippen LogP contribution in [0.15, 0.2) is 0 Å². The number of hydrogen-bond donors (Lipinski definition) is 1. The van der Waals surface area contributed by atoms with Crippen molar-refractivity contribution < 1.29 is 0 Å². The van der Waals surface area contributed by atoms with E-state index in [1.54, 1.807) is 0 Å². The molecule has 3 heterocycles. The SMILES string of the molecule is CCc1nc(N2CCN(C)CC2)nc2c1CCNC2. The molecule has 1 N–H and O–H groups in total. The molecule has 0 unspecified atom stereocenters. The van der Waals surface area contributed by atoms with Crippen LogP contribution in [0.4, 0.5) is 5.95 Å². The first kappa shape index (κ1) is 12.8.